The second kappa shape index (κ2) is 5.36. The fraction of sp³-hybridized carbons (Fsp3) is 0.400. The number of hydrogen-bond donors (Lipinski definition) is 1. The summed E-state index contributed by atoms with van der Waals surface area (Å²) in [6, 6.07) is 10.3. The van der Waals surface area contributed by atoms with E-state index in [9.17, 15) is 5.11 Å². The van der Waals surface area contributed by atoms with E-state index in [4.69, 9.17) is 0 Å². The third kappa shape index (κ3) is 3.20. The maximum Gasteiger partial charge on any atom is 0.0946 e. The zero-order valence-electron chi connectivity index (χ0n) is 11.0. The smallest absolute Gasteiger partial charge is 0.0946 e. The van der Waals surface area contributed by atoms with Gasteiger partial charge in [0.15, 0.2) is 0 Å². The van der Waals surface area contributed by atoms with Gasteiger partial charge in [-0.1, -0.05) is 44.2 Å². The molecule has 1 unspecified atom stereocenters. The van der Waals surface area contributed by atoms with E-state index in [2.05, 4.69) is 31.0 Å². The molecule has 2 aromatic rings. The summed E-state index contributed by atoms with van der Waals surface area (Å²) in [5.41, 5.74) is 1.10. The van der Waals surface area contributed by atoms with Gasteiger partial charge >= 0.3 is 0 Å². The zero-order chi connectivity index (χ0) is 13.0. The molecule has 0 amide bonds. The highest BCUT2D eigenvalue weighted by atomic mass is 16.3. The van der Waals surface area contributed by atoms with Gasteiger partial charge < -0.3 is 9.67 Å². The van der Waals surface area contributed by atoms with Crippen LogP contribution >= 0.6 is 0 Å². The fourth-order valence-electron chi connectivity index (χ4n) is 2.08. The minimum atomic E-state index is -0.396. The molecule has 0 saturated carbocycles. The Morgan fingerprint density at radius 3 is 2.61 bits per heavy atom. The van der Waals surface area contributed by atoms with Crippen molar-refractivity contribution >= 4 is 0 Å². The van der Waals surface area contributed by atoms with Crippen molar-refractivity contribution in [2.24, 2.45) is 5.41 Å². The van der Waals surface area contributed by atoms with E-state index in [0.29, 0.717) is 6.54 Å². The van der Waals surface area contributed by atoms with E-state index < -0.39 is 6.10 Å². The van der Waals surface area contributed by atoms with Gasteiger partial charge in [-0.25, -0.2) is 4.98 Å². The van der Waals surface area contributed by atoms with Gasteiger partial charge in [-0.2, -0.15) is 0 Å². The van der Waals surface area contributed by atoms with Crippen LogP contribution in [0.4, 0.5) is 0 Å². The topological polar surface area (TPSA) is 38.0 Å². The highest BCUT2D eigenvalue weighted by molar-refractivity contribution is 5.16. The van der Waals surface area contributed by atoms with Crippen molar-refractivity contribution in [3.63, 3.8) is 0 Å². The normalized spacial score (nSPS) is 13.5. The van der Waals surface area contributed by atoms with Gasteiger partial charge in [0.25, 0.3) is 0 Å². The number of rotatable bonds is 5. The summed E-state index contributed by atoms with van der Waals surface area (Å²) in [4.78, 5) is 3.99. The van der Waals surface area contributed by atoms with Gasteiger partial charge in [-0.05, 0) is 17.4 Å². The first-order valence-corrected chi connectivity index (χ1v) is 6.26. The summed E-state index contributed by atoms with van der Waals surface area (Å²) in [6.45, 7) is 4.78. The van der Waals surface area contributed by atoms with Crippen LogP contribution in [0, 0.1) is 5.41 Å². The van der Waals surface area contributed by atoms with Gasteiger partial charge in [-0.15, -0.1) is 0 Å². The summed E-state index contributed by atoms with van der Waals surface area (Å²) in [6.07, 6.45) is 5.82. The molecule has 0 bridgehead atoms. The first-order chi connectivity index (χ1) is 8.58. The van der Waals surface area contributed by atoms with Crippen molar-refractivity contribution in [1.82, 2.24) is 9.55 Å². The molecule has 0 radical (unpaired) electrons. The first kappa shape index (κ1) is 12.8. The van der Waals surface area contributed by atoms with E-state index in [1.807, 2.05) is 29.0 Å². The lowest BCUT2D eigenvalue weighted by Crippen LogP contribution is -2.34. The molecule has 0 aliphatic rings. The predicted octanol–water partition coefficient (Wildman–Crippen LogP) is 2.51. The van der Waals surface area contributed by atoms with Crippen LogP contribution in [0.1, 0.15) is 19.4 Å². The number of aliphatic hydroxyl groups excluding tert-OH is 1. The number of aliphatic hydroxyl groups is 1. The molecule has 3 heteroatoms. The molecule has 0 fully saturated rings. The maximum atomic E-state index is 10.4. The van der Waals surface area contributed by atoms with Crippen LogP contribution < -0.4 is 0 Å². The van der Waals surface area contributed by atoms with Crippen molar-refractivity contribution in [3.8, 4) is 0 Å². The van der Waals surface area contributed by atoms with Gasteiger partial charge in [0.2, 0.25) is 0 Å². The molecule has 2 rings (SSSR count). The quantitative estimate of drug-likeness (QED) is 0.877. The summed E-state index contributed by atoms with van der Waals surface area (Å²) in [5, 5.41) is 10.4. The second-order valence-corrected chi connectivity index (χ2v) is 5.43. The van der Waals surface area contributed by atoms with Gasteiger partial charge in [0, 0.05) is 12.4 Å². The Morgan fingerprint density at radius 2 is 2.00 bits per heavy atom. The second-order valence-electron chi connectivity index (χ2n) is 5.43. The Bertz CT molecular complexity index is 463. The zero-order valence-corrected chi connectivity index (χ0v) is 11.0. The Hall–Kier alpha value is -1.61. The molecular weight excluding hydrogens is 224 g/mol. The minimum Gasteiger partial charge on any atom is -0.391 e. The fourth-order valence-corrected chi connectivity index (χ4v) is 2.08. The molecule has 0 aliphatic carbocycles. The van der Waals surface area contributed by atoms with Crippen LogP contribution in [0.25, 0.3) is 0 Å². The minimum absolute atomic E-state index is 0.161. The summed E-state index contributed by atoms with van der Waals surface area (Å²) < 4.78 is 1.91. The molecule has 0 saturated heterocycles. The number of benzene rings is 1. The van der Waals surface area contributed by atoms with E-state index >= 15 is 0 Å². The summed E-state index contributed by atoms with van der Waals surface area (Å²) in [5.74, 6) is 0. The maximum absolute atomic E-state index is 10.4. The van der Waals surface area contributed by atoms with Gasteiger partial charge in [0.05, 0.1) is 19.0 Å². The Balaban J connectivity index is 2.01. The van der Waals surface area contributed by atoms with Crippen LogP contribution in [0.5, 0.6) is 0 Å². The van der Waals surface area contributed by atoms with Crippen LogP contribution in [0.15, 0.2) is 49.1 Å². The summed E-state index contributed by atoms with van der Waals surface area (Å²) in [7, 11) is 0. The molecule has 1 heterocycles. The van der Waals surface area contributed by atoms with E-state index in [0.717, 1.165) is 6.42 Å². The molecule has 96 valence electrons. The standard InChI is InChI=1S/C15H20N2O/c1-15(2,10-13-6-4-3-5-7-13)14(18)11-17-9-8-16-12-17/h3-9,12,14,18H,10-11H2,1-2H3. The van der Waals surface area contributed by atoms with E-state index in [-0.39, 0.29) is 5.41 Å². The van der Waals surface area contributed by atoms with Crippen molar-refractivity contribution < 1.29 is 5.11 Å². The number of hydrogen-bond acceptors (Lipinski definition) is 2. The average Bonchev–Trinajstić information content (AvgIpc) is 2.82. The van der Waals surface area contributed by atoms with Crippen molar-refractivity contribution in [2.45, 2.75) is 32.9 Å². The van der Waals surface area contributed by atoms with Crippen molar-refractivity contribution in [3.05, 3.63) is 54.6 Å². The Labute approximate surface area is 108 Å². The molecule has 1 aromatic carbocycles. The number of imidazole rings is 1. The molecule has 0 spiro atoms. The Morgan fingerprint density at radius 1 is 1.28 bits per heavy atom. The van der Waals surface area contributed by atoms with Gasteiger partial charge in [0.1, 0.15) is 0 Å². The highest BCUT2D eigenvalue weighted by Gasteiger charge is 2.28. The molecule has 3 nitrogen and oxygen atoms in total. The van der Waals surface area contributed by atoms with E-state index in [1.54, 1.807) is 12.5 Å². The number of aromatic nitrogens is 2. The molecule has 1 atom stereocenters. The molecule has 1 aromatic heterocycles. The molecular formula is C15H20N2O. The largest absolute Gasteiger partial charge is 0.391 e. The lowest BCUT2D eigenvalue weighted by atomic mass is 9.80. The van der Waals surface area contributed by atoms with Gasteiger partial charge in [-0.3, -0.25) is 0 Å². The molecule has 1 N–H and O–H groups in total. The number of nitrogens with zero attached hydrogens (tertiary/aromatic N) is 2. The third-order valence-corrected chi connectivity index (χ3v) is 3.35. The predicted molar refractivity (Wildman–Crippen MR) is 72.2 cm³/mol. The highest BCUT2D eigenvalue weighted by Crippen LogP contribution is 2.27. The lowest BCUT2D eigenvalue weighted by molar-refractivity contribution is 0.0360. The van der Waals surface area contributed by atoms with E-state index in [1.165, 1.54) is 5.56 Å². The molecule has 18 heavy (non-hydrogen) atoms. The van der Waals surface area contributed by atoms with Crippen molar-refractivity contribution in [1.29, 1.82) is 0 Å². The monoisotopic (exact) mass is 244 g/mol. The third-order valence-electron chi connectivity index (χ3n) is 3.35. The Kier molecular flexibility index (Phi) is 3.82. The van der Waals surface area contributed by atoms with Crippen LogP contribution in [-0.2, 0) is 13.0 Å². The van der Waals surface area contributed by atoms with Crippen LogP contribution in [0.2, 0.25) is 0 Å². The summed E-state index contributed by atoms with van der Waals surface area (Å²) >= 11 is 0. The van der Waals surface area contributed by atoms with Crippen molar-refractivity contribution in [2.75, 3.05) is 0 Å². The van der Waals surface area contributed by atoms with Crippen LogP contribution in [-0.4, -0.2) is 20.8 Å². The average molecular weight is 244 g/mol. The lowest BCUT2D eigenvalue weighted by Gasteiger charge is -2.31. The molecule has 0 aliphatic heterocycles. The SMILES string of the molecule is CC(C)(Cc1ccccc1)C(O)Cn1ccnc1. The first-order valence-electron chi connectivity index (χ1n) is 6.26. The van der Waals surface area contributed by atoms with Crippen LogP contribution in [0.3, 0.4) is 0 Å².